The molecule has 3 heterocycles. The number of thiazole rings is 1. The molecule has 2 aromatic heterocycles. The third-order valence-corrected chi connectivity index (χ3v) is 5.26. The largest absolute Gasteiger partial charge is 0.486 e. The minimum Gasteiger partial charge on any atom is -0.486 e. The molecular formula is C18H20N4O3S. The van der Waals surface area contributed by atoms with E-state index < -0.39 is 0 Å². The second-order valence-corrected chi connectivity index (χ2v) is 7.29. The number of carbonyl (C=O) groups excluding carboxylic acids is 1. The Balaban J connectivity index is 1.79. The van der Waals surface area contributed by atoms with Gasteiger partial charge in [0, 0.05) is 30.9 Å². The molecule has 4 rings (SSSR count). The van der Waals surface area contributed by atoms with Gasteiger partial charge in [-0.1, -0.05) is 11.3 Å². The van der Waals surface area contributed by atoms with Crippen LogP contribution in [0.1, 0.15) is 37.3 Å². The lowest BCUT2D eigenvalue weighted by molar-refractivity contribution is 0.0992. The fraction of sp³-hybridized carbons (Fsp3) is 0.389. The van der Waals surface area contributed by atoms with Crippen LogP contribution in [0.5, 0.6) is 11.5 Å². The molecule has 0 atom stereocenters. The Morgan fingerprint density at radius 1 is 1.31 bits per heavy atom. The molecule has 1 amide bonds. The minimum absolute atomic E-state index is 0.202. The number of aryl methyl sites for hydroxylation is 1. The Kier molecular flexibility index (Phi) is 4.28. The van der Waals surface area contributed by atoms with Crippen molar-refractivity contribution in [1.29, 1.82) is 0 Å². The SMILES string of the molecule is CCn1c(=NC(=O)c2ccn(C(C)C)n2)sc2cc3c(cc21)OCCO3. The van der Waals surface area contributed by atoms with Gasteiger partial charge in [0.25, 0.3) is 5.91 Å². The maximum atomic E-state index is 12.6. The van der Waals surface area contributed by atoms with E-state index in [2.05, 4.69) is 10.1 Å². The zero-order valence-corrected chi connectivity index (χ0v) is 15.7. The molecule has 0 N–H and O–H groups in total. The van der Waals surface area contributed by atoms with Crippen molar-refractivity contribution in [3.05, 3.63) is 34.9 Å². The fourth-order valence-electron chi connectivity index (χ4n) is 2.88. The van der Waals surface area contributed by atoms with Crippen LogP contribution in [0.3, 0.4) is 0 Å². The lowest BCUT2D eigenvalue weighted by Crippen LogP contribution is -2.17. The molecule has 0 aliphatic carbocycles. The number of hydrogen-bond acceptors (Lipinski definition) is 5. The molecule has 7 nitrogen and oxygen atoms in total. The number of ether oxygens (including phenoxy) is 2. The quantitative estimate of drug-likeness (QED) is 0.709. The van der Waals surface area contributed by atoms with Crippen LogP contribution in [0.25, 0.3) is 10.2 Å². The topological polar surface area (TPSA) is 70.6 Å². The summed E-state index contributed by atoms with van der Waals surface area (Å²) in [5.41, 5.74) is 1.34. The fourth-order valence-corrected chi connectivity index (χ4v) is 3.98. The average molecular weight is 372 g/mol. The summed E-state index contributed by atoms with van der Waals surface area (Å²) in [4.78, 5) is 17.5. The number of carbonyl (C=O) groups is 1. The Labute approximate surface area is 154 Å². The summed E-state index contributed by atoms with van der Waals surface area (Å²) in [5.74, 6) is 1.13. The second kappa shape index (κ2) is 6.60. The van der Waals surface area contributed by atoms with E-state index in [1.807, 2.05) is 37.5 Å². The van der Waals surface area contributed by atoms with Crippen molar-refractivity contribution in [3.63, 3.8) is 0 Å². The molecule has 26 heavy (non-hydrogen) atoms. The van der Waals surface area contributed by atoms with Crippen molar-refractivity contribution in [1.82, 2.24) is 14.3 Å². The van der Waals surface area contributed by atoms with E-state index in [0.29, 0.717) is 30.3 Å². The molecule has 136 valence electrons. The number of rotatable bonds is 3. The molecule has 0 saturated carbocycles. The molecule has 3 aromatic rings. The van der Waals surface area contributed by atoms with Crippen molar-refractivity contribution >= 4 is 27.5 Å². The highest BCUT2D eigenvalue weighted by Gasteiger charge is 2.17. The van der Waals surface area contributed by atoms with E-state index in [9.17, 15) is 4.79 Å². The molecule has 1 aliphatic heterocycles. The van der Waals surface area contributed by atoms with Crippen LogP contribution in [-0.4, -0.2) is 33.5 Å². The number of amides is 1. The molecule has 8 heteroatoms. The predicted octanol–water partition coefficient (Wildman–Crippen LogP) is 3.01. The van der Waals surface area contributed by atoms with Crippen LogP contribution < -0.4 is 14.3 Å². The van der Waals surface area contributed by atoms with Crippen molar-refractivity contribution in [2.24, 2.45) is 4.99 Å². The smallest absolute Gasteiger partial charge is 0.300 e. The van der Waals surface area contributed by atoms with Crippen molar-refractivity contribution in [3.8, 4) is 11.5 Å². The van der Waals surface area contributed by atoms with Gasteiger partial charge >= 0.3 is 0 Å². The summed E-state index contributed by atoms with van der Waals surface area (Å²) in [6, 6.07) is 5.82. The molecule has 0 radical (unpaired) electrons. The Morgan fingerprint density at radius 3 is 2.69 bits per heavy atom. The highest BCUT2D eigenvalue weighted by molar-refractivity contribution is 7.16. The van der Waals surface area contributed by atoms with Gasteiger partial charge in [-0.2, -0.15) is 10.1 Å². The first kappa shape index (κ1) is 16.8. The van der Waals surface area contributed by atoms with Gasteiger partial charge in [0.2, 0.25) is 0 Å². The van der Waals surface area contributed by atoms with E-state index in [-0.39, 0.29) is 11.9 Å². The number of benzene rings is 1. The van der Waals surface area contributed by atoms with Crippen molar-refractivity contribution in [2.75, 3.05) is 13.2 Å². The Bertz CT molecular complexity index is 1040. The van der Waals surface area contributed by atoms with E-state index in [0.717, 1.165) is 21.7 Å². The third-order valence-electron chi connectivity index (χ3n) is 4.22. The van der Waals surface area contributed by atoms with Gasteiger partial charge in [0.05, 0.1) is 10.2 Å². The standard InChI is InChI=1S/C18H20N4O3S/c1-4-21-13-9-14-15(25-8-7-24-14)10-16(13)26-18(21)19-17(23)12-5-6-22(20-12)11(2)3/h5-6,9-11H,4,7-8H2,1-3H3. The Hall–Kier alpha value is -2.61. The molecule has 0 fully saturated rings. The molecule has 1 aliphatic rings. The van der Waals surface area contributed by atoms with Gasteiger partial charge < -0.3 is 14.0 Å². The first-order chi connectivity index (χ1) is 12.6. The summed E-state index contributed by atoms with van der Waals surface area (Å²) in [6.07, 6.45) is 1.80. The van der Waals surface area contributed by atoms with Crippen LogP contribution in [-0.2, 0) is 6.54 Å². The maximum Gasteiger partial charge on any atom is 0.300 e. The van der Waals surface area contributed by atoms with Gasteiger partial charge in [0.15, 0.2) is 22.0 Å². The maximum absolute atomic E-state index is 12.6. The average Bonchev–Trinajstić information content (AvgIpc) is 3.24. The van der Waals surface area contributed by atoms with Gasteiger partial charge in [-0.05, 0) is 26.8 Å². The molecular weight excluding hydrogens is 352 g/mol. The van der Waals surface area contributed by atoms with Crippen LogP contribution in [0.4, 0.5) is 0 Å². The summed E-state index contributed by atoms with van der Waals surface area (Å²) < 4.78 is 16.1. The first-order valence-corrected chi connectivity index (χ1v) is 9.45. The van der Waals surface area contributed by atoms with E-state index in [4.69, 9.17) is 9.47 Å². The molecule has 0 saturated heterocycles. The minimum atomic E-state index is -0.338. The molecule has 0 spiro atoms. The predicted molar refractivity (Wildman–Crippen MR) is 99.0 cm³/mol. The molecule has 0 bridgehead atoms. The van der Waals surface area contributed by atoms with Crippen LogP contribution in [0, 0.1) is 0 Å². The second-order valence-electron chi connectivity index (χ2n) is 6.28. The highest BCUT2D eigenvalue weighted by Crippen LogP contribution is 2.35. The summed E-state index contributed by atoms with van der Waals surface area (Å²) >= 11 is 1.46. The van der Waals surface area contributed by atoms with E-state index in [1.165, 1.54) is 11.3 Å². The van der Waals surface area contributed by atoms with Crippen molar-refractivity contribution < 1.29 is 14.3 Å². The normalized spacial score (nSPS) is 14.4. The zero-order valence-electron chi connectivity index (χ0n) is 14.9. The number of fused-ring (bicyclic) bond motifs is 2. The summed E-state index contributed by atoms with van der Waals surface area (Å²) in [6.45, 7) is 7.85. The number of nitrogens with zero attached hydrogens (tertiary/aromatic N) is 4. The number of hydrogen-bond donors (Lipinski definition) is 0. The monoisotopic (exact) mass is 372 g/mol. The first-order valence-electron chi connectivity index (χ1n) is 8.64. The lowest BCUT2D eigenvalue weighted by Gasteiger charge is -2.18. The summed E-state index contributed by atoms with van der Waals surface area (Å²) in [5, 5.41) is 4.31. The van der Waals surface area contributed by atoms with Crippen LogP contribution in [0.2, 0.25) is 0 Å². The van der Waals surface area contributed by atoms with Gasteiger partial charge in [-0.15, -0.1) is 0 Å². The molecule has 1 aromatic carbocycles. The van der Waals surface area contributed by atoms with Crippen LogP contribution >= 0.6 is 11.3 Å². The van der Waals surface area contributed by atoms with E-state index >= 15 is 0 Å². The summed E-state index contributed by atoms with van der Waals surface area (Å²) in [7, 11) is 0. The van der Waals surface area contributed by atoms with Crippen LogP contribution in [0.15, 0.2) is 29.4 Å². The van der Waals surface area contributed by atoms with Gasteiger partial charge in [0.1, 0.15) is 13.2 Å². The van der Waals surface area contributed by atoms with Gasteiger partial charge in [-0.3, -0.25) is 9.48 Å². The van der Waals surface area contributed by atoms with Crippen molar-refractivity contribution in [2.45, 2.75) is 33.4 Å². The zero-order chi connectivity index (χ0) is 18.3. The van der Waals surface area contributed by atoms with Gasteiger partial charge in [-0.25, -0.2) is 0 Å². The third kappa shape index (κ3) is 2.90. The number of aromatic nitrogens is 3. The highest BCUT2D eigenvalue weighted by atomic mass is 32.1. The lowest BCUT2D eigenvalue weighted by atomic mass is 10.2. The van der Waals surface area contributed by atoms with E-state index in [1.54, 1.807) is 16.9 Å². The molecule has 0 unspecified atom stereocenters. The Morgan fingerprint density at radius 2 is 2.04 bits per heavy atom.